The van der Waals surface area contributed by atoms with Crippen LogP contribution in [0.2, 0.25) is 5.02 Å². The van der Waals surface area contributed by atoms with E-state index in [1.165, 1.54) is 17.7 Å². The van der Waals surface area contributed by atoms with Gasteiger partial charge in [-0.2, -0.15) is 0 Å². The van der Waals surface area contributed by atoms with Gasteiger partial charge in [0.25, 0.3) is 0 Å². The van der Waals surface area contributed by atoms with E-state index in [0.717, 1.165) is 43.4 Å². The van der Waals surface area contributed by atoms with Crippen LogP contribution in [0, 0.1) is 5.82 Å². The van der Waals surface area contributed by atoms with Gasteiger partial charge in [0.15, 0.2) is 0 Å². The topological polar surface area (TPSA) is 6.48 Å². The molecule has 0 radical (unpaired) electrons. The summed E-state index contributed by atoms with van der Waals surface area (Å²) in [6.07, 6.45) is 0. The van der Waals surface area contributed by atoms with Crippen LogP contribution in [0.25, 0.3) is 0 Å². The van der Waals surface area contributed by atoms with Crippen LogP contribution < -0.4 is 4.90 Å². The van der Waals surface area contributed by atoms with Gasteiger partial charge in [0, 0.05) is 43.4 Å². The summed E-state index contributed by atoms with van der Waals surface area (Å²) < 4.78 is 13.0. The molecule has 110 valence electrons. The van der Waals surface area contributed by atoms with Crippen LogP contribution in [0.4, 0.5) is 10.1 Å². The number of rotatable bonds is 3. The van der Waals surface area contributed by atoms with E-state index >= 15 is 0 Å². The average molecular weight is 305 g/mol. The van der Waals surface area contributed by atoms with Crippen LogP contribution in [-0.2, 0) is 6.54 Å². The first-order valence-electron chi connectivity index (χ1n) is 7.18. The van der Waals surface area contributed by atoms with E-state index in [-0.39, 0.29) is 5.82 Å². The molecule has 2 nitrogen and oxygen atoms in total. The predicted octanol–water partition coefficient (Wildman–Crippen LogP) is 3.80. The van der Waals surface area contributed by atoms with Crippen molar-refractivity contribution in [1.29, 1.82) is 0 Å². The van der Waals surface area contributed by atoms with Gasteiger partial charge < -0.3 is 4.90 Å². The molecule has 1 heterocycles. The second-order valence-electron chi connectivity index (χ2n) is 5.37. The number of hydrogen-bond donors (Lipinski definition) is 0. The predicted molar refractivity (Wildman–Crippen MR) is 85.3 cm³/mol. The van der Waals surface area contributed by atoms with E-state index in [9.17, 15) is 4.39 Å². The Morgan fingerprint density at radius 1 is 0.857 bits per heavy atom. The van der Waals surface area contributed by atoms with Crippen LogP contribution in [0.5, 0.6) is 0 Å². The number of halogens is 2. The summed E-state index contributed by atoms with van der Waals surface area (Å²) in [4.78, 5) is 4.74. The number of benzene rings is 2. The van der Waals surface area contributed by atoms with E-state index in [1.54, 1.807) is 0 Å². The molecule has 0 aliphatic carbocycles. The lowest BCUT2D eigenvalue weighted by molar-refractivity contribution is 0.250. The second-order valence-corrected chi connectivity index (χ2v) is 5.80. The molecule has 2 aromatic rings. The Bertz CT molecular complexity index is 575. The van der Waals surface area contributed by atoms with Crippen LogP contribution in [0.1, 0.15) is 5.56 Å². The monoisotopic (exact) mass is 304 g/mol. The van der Waals surface area contributed by atoms with Gasteiger partial charge in [-0.15, -0.1) is 0 Å². The van der Waals surface area contributed by atoms with Crippen molar-refractivity contribution in [3.8, 4) is 0 Å². The van der Waals surface area contributed by atoms with E-state index < -0.39 is 0 Å². The minimum absolute atomic E-state index is 0.180. The first-order valence-corrected chi connectivity index (χ1v) is 7.56. The molecule has 0 unspecified atom stereocenters. The third-order valence-electron chi connectivity index (χ3n) is 3.88. The van der Waals surface area contributed by atoms with Crippen LogP contribution in [-0.4, -0.2) is 31.1 Å². The zero-order valence-corrected chi connectivity index (χ0v) is 12.6. The number of nitrogens with zero attached hydrogens (tertiary/aromatic N) is 2. The molecule has 1 saturated heterocycles. The molecule has 1 fully saturated rings. The molecule has 0 bridgehead atoms. The van der Waals surface area contributed by atoms with Crippen molar-refractivity contribution >= 4 is 17.3 Å². The summed E-state index contributed by atoms with van der Waals surface area (Å²) in [7, 11) is 0. The normalized spacial score (nSPS) is 16.2. The highest BCUT2D eigenvalue weighted by Crippen LogP contribution is 2.18. The highest BCUT2D eigenvalue weighted by molar-refractivity contribution is 6.30. The fourth-order valence-corrected chi connectivity index (χ4v) is 2.79. The molecule has 4 heteroatoms. The van der Waals surface area contributed by atoms with E-state index in [2.05, 4.69) is 21.9 Å². The maximum Gasteiger partial charge on any atom is 0.123 e. The third kappa shape index (κ3) is 3.74. The first-order chi connectivity index (χ1) is 10.2. The highest BCUT2D eigenvalue weighted by atomic mass is 35.5. The average Bonchev–Trinajstić information content (AvgIpc) is 2.51. The minimum atomic E-state index is -0.180. The molecule has 0 saturated carbocycles. The van der Waals surface area contributed by atoms with Crippen LogP contribution in [0.15, 0.2) is 48.5 Å². The zero-order valence-electron chi connectivity index (χ0n) is 11.8. The molecular formula is C17H18ClFN2. The van der Waals surface area contributed by atoms with Crippen LogP contribution >= 0.6 is 11.6 Å². The summed E-state index contributed by atoms with van der Waals surface area (Å²) in [6, 6.07) is 14.8. The summed E-state index contributed by atoms with van der Waals surface area (Å²) in [5.74, 6) is -0.180. The Balaban J connectivity index is 1.55. The van der Waals surface area contributed by atoms with Crippen molar-refractivity contribution in [3.05, 3.63) is 64.9 Å². The number of hydrogen-bond acceptors (Lipinski definition) is 2. The van der Waals surface area contributed by atoms with Crippen molar-refractivity contribution in [2.45, 2.75) is 6.54 Å². The van der Waals surface area contributed by atoms with Gasteiger partial charge in [-0.25, -0.2) is 4.39 Å². The lowest BCUT2D eigenvalue weighted by Gasteiger charge is -2.36. The Labute approximate surface area is 129 Å². The fourth-order valence-electron chi connectivity index (χ4n) is 2.66. The van der Waals surface area contributed by atoms with Crippen molar-refractivity contribution in [2.75, 3.05) is 31.1 Å². The molecule has 0 spiro atoms. The number of anilines is 1. The van der Waals surface area contributed by atoms with Crippen molar-refractivity contribution in [3.63, 3.8) is 0 Å². The molecule has 0 N–H and O–H groups in total. The van der Waals surface area contributed by atoms with Crippen LogP contribution in [0.3, 0.4) is 0 Å². The maximum absolute atomic E-state index is 13.0. The minimum Gasteiger partial charge on any atom is -0.369 e. The Morgan fingerprint density at radius 2 is 1.48 bits per heavy atom. The molecule has 0 atom stereocenters. The van der Waals surface area contributed by atoms with Gasteiger partial charge in [-0.05, 0) is 42.0 Å². The summed E-state index contributed by atoms with van der Waals surface area (Å²) in [5, 5.41) is 0.778. The molecule has 0 aromatic heterocycles. The van der Waals surface area contributed by atoms with Gasteiger partial charge in [-0.1, -0.05) is 23.7 Å². The molecule has 21 heavy (non-hydrogen) atoms. The second kappa shape index (κ2) is 6.46. The van der Waals surface area contributed by atoms with Crippen molar-refractivity contribution < 1.29 is 4.39 Å². The van der Waals surface area contributed by atoms with Gasteiger partial charge in [0.1, 0.15) is 5.82 Å². The fraction of sp³-hybridized carbons (Fsp3) is 0.294. The standard InChI is InChI=1S/C17H18ClFN2/c18-15-3-1-14(2-4-15)13-20-9-11-21(12-10-20)17-7-5-16(19)6-8-17/h1-8H,9-13H2. The van der Waals surface area contributed by atoms with E-state index in [1.807, 2.05) is 24.3 Å². The largest absolute Gasteiger partial charge is 0.369 e. The van der Waals surface area contributed by atoms with E-state index in [4.69, 9.17) is 11.6 Å². The zero-order chi connectivity index (χ0) is 14.7. The molecule has 1 aliphatic heterocycles. The Kier molecular flexibility index (Phi) is 4.42. The van der Waals surface area contributed by atoms with Gasteiger partial charge in [-0.3, -0.25) is 4.90 Å². The molecule has 1 aliphatic rings. The van der Waals surface area contributed by atoms with Gasteiger partial charge >= 0.3 is 0 Å². The van der Waals surface area contributed by atoms with E-state index in [0.29, 0.717) is 0 Å². The number of piperazine rings is 1. The summed E-state index contributed by atoms with van der Waals surface area (Å²) >= 11 is 5.91. The smallest absolute Gasteiger partial charge is 0.123 e. The first kappa shape index (κ1) is 14.4. The molecule has 0 amide bonds. The lowest BCUT2D eigenvalue weighted by atomic mass is 10.2. The maximum atomic E-state index is 13.0. The SMILES string of the molecule is Fc1ccc(N2CCN(Cc3ccc(Cl)cc3)CC2)cc1. The molecular weight excluding hydrogens is 287 g/mol. The summed E-state index contributed by atoms with van der Waals surface area (Å²) in [5.41, 5.74) is 2.39. The quantitative estimate of drug-likeness (QED) is 0.851. The molecule has 3 rings (SSSR count). The molecule has 2 aromatic carbocycles. The summed E-state index contributed by atoms with van der Waals surface area (Å²) in [6.45, 7) is 4.92. The van der Waals surface area contributed by atoms with Gasteiger partial charge in [0.05, 0.1) is 0 Å². The highest BCUT2D eigenvalue weighted by Gasteiger charge is 2.17. The van der Waals surface area contributed by atoms with Gasteiger partial charge in [0.2, 0.25) is 0 Å². The lowest BCUT2D eigenvalue weighted by Crippen LogP contribution is -2.45. The third-order valence-corrected chi connectivity index (χ3v) is 4.14. The van der Waals surface area contributed by atoms with Crippen molar-refractivity contribution in [2.24, 2.45) is 0 Å². The van der Waals surface area contributed by atoms with Crippen molar-refractivity contribution in [1.82, 2.24) is 4.90 Å². The Morgan fingerprint density at radius 3 is 2.10 bits per heavy atom. The Hall–Kier alpha value is -1.58.